The fourth-order valence-electron chi connectivity index (χ4n) is 2.70. The number of thioether (sulfide) groups is 1. The van der Waals surface area contributed by atoms with E-state index in [9.17, 15) is 10.1 Å². The van der Waals surface area contributed by atoms with Crippen molar-refractivity contribution in [3.8, 4) is 0 Å². The molecule has 1 unspecified atom stereocenters. The van der Waals surface area contributed by atoms with Gasteiger partial charge in [0.15, 0.2) is 0 Å². The molecule has 0 radical (unpaired) electrons. The van der Waals surface area contributed by atoms with Crippen molar-refractivity contribution in [2.45, 2.75) is 31.4 Å². The van der Waals surface area contributed by atoms with Crippen LogP contribution >= 0.6 is 11.8 Å². The fraction of sp³-hybridized carbons (Fsp3) is 0.571. The van der Waals surface area contributed by atoms with E-state index in [1.165, 1.54) is 12.8 Å². The van der Waals surface area contributed by atoms with Gasteiger partial charge < -0.3 is 4.90 Å². The summed E-state index contributed by atoms with van der Waals surface area (Å²) in [6.45, 7) is 3.79. The van der Waals surface area contributed by atoms with E-state index in [2.05, 4.69) is 11.2 Å². The standard InChI is InChI=1S/C14H20N2O2S/c1-11-6-5-8-13(16(17)18)14(11)15-9-4-3-7-12(10-15)19-2/h5-6,8,12H,3-4,7,9-10H2,1-2H3. The third-order valence-corrected chi connectivity index (χ3v) is 4.74. The van der Waals surface area contributed by atoms with Crippen molar-refractivity contribution in [2.75, 3.05) is 24.2 Å². The van der Waals surface area contributed by atoms with Crippen LogP contribution in [-0.2, 0) is 0 Å². The molecule has 0 amide bonds. The maximum absolute atomic E-state index is 11.2. The number of nitro groups is 1. The summed E-state index contributed by atoms with van der Waals surface area (Å²) < 4.78 is 0. The zero-order valence-corrected chi connectivity index (χ0v) is 12.3. The van der Waals surface area contributed by atoms with E-state index in [1.54, 1.807) is 12.1 Å². The normalized spacial score (nSPS) is 20.1. The predicted octanol–water partition coefficient (Wildman–Crippen LogP) is 3.63. The summed E-state index contributed by atoms with van der Waals surface area (Å²) in [6, 6.07) is 5.34. The third kappa shape index (κ3) is 3.21. The molecule has 1 heterocycles. The molecule has 0 aliphatic carbocycles. The van der Waals surface area contributed by atoms with Crippen LogP contribution in [0.3, 0.4) is 0 Å². The Hall–Kier alpha value is -1.23. The second-order valence-corrected chi connectivity index (χ2v) is 6.14. The number of nitro benzene ring substituents is 1. The predicted molar refractivity (Wildman–Crippen MR) is 81.2 cm³/mol. The molecule has 1 aliphatic rings. The Kier molecular flexibility index (Phi) is 4.69. The number of anilines is 1. The first-order valence-corrected chi connectivity index (χ1v) is 7.94. The molecule has 1 aliphatic heterocycles. The summed E-state index contributed by atoms with van der Waals surface area (Å²) in [4.78, 5) is 13.2. The first kappa shape index (κ1) is 14.2. The highest BCUT2D eigenvalue weighted by Crippen LogP contribution is 2.34. The zero-order chi connectivity index (χ0) is 13.8. The topological polar surface area (TPSA) is 46.4 Å². The summed E-state index contributed by atoms with van der Waals surface area (Å²) in [6.07, 6.45) is 5.65. The lowest BCUT2D eigenvalue weighted by atomic mass is 10.1. The Balaban J connectivity index is 2.36. The van der Waals surface area contributed by atoms with Gasteiger partial charge in [-0.15, -0.1) is 0 Å². The van der Waals surface area contributed by atoms with E-state index >= 15 is 0 Å². The minimum absolute atomic E-state index is 0.238. The number of hydrogen-bond acceptors (Lipinski definition) is 4. The molecule has 0 N–H and O–H groups in total. The van der Waals surface area contributed by atoms with Crippen LogP contribution in [0, 0.1) is 17.0 Å². The van der Waals surface area contributed by atoms with Gasteiger partial charge in [0.25, 0.3) is 5.69 Å². The van der Waals surface area contributed by atoms with Gasteiger partial charge in [0, 0.05) is 24.4 Å². The number of rotatable bonds is 3. The van der Waals surface area contributed by atoms with Crippen molar-refractivity contribution in [3.63, 3.8) is 0 Å². The van der Waals surface area contributed by atoms with Crippen LogP contribution in [0.5, 0.6) is 0 Å². The second-order valence-electron chi connectivity index (χ2n) is 5.00. The van der Waals surface area contributed by atoms with Gasteiger partial charge in [0.2, 0.25) is 0 Å². The Morgan fingerprint density at radius 3 is 2.89 bits per heavy atom. The quantitative estimate of drug-likeness (QED) is 0.626. The molecule has 1 aromatic carbocycles. The first-order chi connectivity index (χ1) is 9.13. The van der Waals surface area contributed by atoms with Gasteiger partial charge in [-0.25, -0.2) is 0 Å². The van der Waals surface area contributed by atoms with Gasteiger partial charge in [0.05, 0.1) is 4.92 Å². The van der Waals surface area contributed by atoms with Crippen LogP contribution in [0.4, 0.5) is 11.4 Å². The van der Waals surface area contributed by atoms with Crippen LogP contribution in [0.25, 0.3) is 0 Å². The van der Waals surface area contributed by atoms with Crippen LogP contribution in [-0.4, -0.2) is 29.5 Å². The van der Waals surface area contributed by atoms with Gasteiger partial charge in [-0.3, -0.25) is 10.1 Å². The van der Waals surface area contributed by atoms with Crippen LogP contribution < -0.4 is 4.90 Å². The van der Waals surface area contributed by atoms with E-state index < -0.39 is 0 Å². The molecule has 0 spiro atoms. The lowest BCUT2D eigenvalue weighted by Crippen LogP contribution is -2.30. The first-order valence-electron chi connectivity index (χ1n) is 6.65. The number of hydrogen-bond donors (Lipinski definition) is 0. The number of aryl methyl sites for hydroxylation is 1. The molecule has 1 aromatic rings. The van der Waals surface area contributed by atoms with Crippen molar-refractivity contribution in [1.29, 1.82) is 0 Å². The Bertz CT molecular complexity index is 465. The Morgan fingerprint density at radius 2 is 2.21 bits per heavy atom. The summed E-state index contributed by atoms with van der Waals surface area (Å²) in [5.41, 5.74) is 2.05. The minimum atomic E-state index is -0.263. The fourth-order valence-corrected chi connectivity index (χ4v) is 3.43. The van der Waals surface area contributed by atoms with Gasteiger partial charge in [-0.1, -0.05) is 18.6 Å². The van der Waals surface area contributed by atoms with Gasteiger partial charge in [-0.2, -0.15) is 11.8 Å². The largest absolute Gasteiger partial charge is 0.365 e. The van der Waals surface area contributed by atoms with Crippen molar-refractivity contribution in [3.05, 3.63) is 33.9 Å². The summed E-state index contributed by atoms with van der Waals surface area (Å²) >= 11 is 1.87. The molecule has 5 heteroatoms. The molecular weight excluding hydrogens is 260 g/mol. The lowest BCUT2D eigenvalue weighted by molar-refractivity contribution is -0.384. The zero-order valence-electron chi connectivity index (χ0n) is 11.5. The van der Waals surface area contributed by atoms with Crippen molar-refractivity contribution >= 4 is 23.1 Å². The SMILES string of the molecule is CSC1CCCCN(c2c(C)cccc2[N+](=O)[O-])C1. The minimum Gasteiger partial charge on any atom is -0.365 e. The average molecular weight is 280 g/mol. The van der Waals surface area contributed by atoms with Crippen LogP contribution in [0.15, 0.2) is 18.2 Å². The van der Waals surface area contributed by atoms with Gasteiger partial charge >= 0.3 is 0 Å². The van der Waals surface area contributed by atoms with Gasteiger partial charge in [-0.05, 0) is 31.6 Å². The molecule has 0 aromatic heterocycles. The summed E-state index contributed by atoms with van der Waals surface area (Å²) in [7, 11) is 0. The molecule has 0 bridgehead atoms. The number of para-hydroxylation sites is 1. The van der Waals surface area contributed by atoms with E-state index in [1.807, 2.05) is 24.8 Å². The molecule has 4 nitrogen and oxygen atoms in total. The second kappa shape index (κ2) is 6.28. The molecule has 19 heavy (non-hydrogen) atoms. The third-order valence-electron chi connectivity index (χ3n) is 3.69. The number of benzene rings is 1. The smallest absolute Gasteiger partial charge is 0.292 e. The molecular formula is C14H20N2O2S. The van der Waals surface area contributed by atoms with Crippen molar-refractivity contribution in [2.24, 2.45) is 0 Å². The molecule has 1 atom stereocenters. The van der Waals surface area contributed by atoms with Crippen molar-refractivity contribution in [1.82, 2.24) is 0 Å². The number of nitrogens with zero attached hydrogens (tertiary/aromatic N) is 2. The van der Waals surface area contributed by atoms with E-state index in [4.69, 9.17) is 0 Å². The maximum atomic E-state index is 11.2. The highest BCUT2D eigenvalue weighted by molar-refractivity contribution is 7.99. The van der Waals surface area contributed by atoms with Crippen LogP contribution in [0.2, 0.25) is 0 Å². The van der Waals surface area contributed by atoms with Crippen molar-refractivity contribution < 1.29 is 4.92 Å². The Labute approximate surface area is 118 Å². The molecule has 1 fully saturated rings. The lowest BCUT2D eigenvalue weighted by Gasteiger charge is -2.26. The highest BCUT2D eigenvalue weighted by Gasteiger charge is 2.25. The monoisotopic (exact) mass is 280 g/mol. The van der Waals surface area contributed by atoms with E-state index in [-0.39, 0.29) is 10.6 Å². The van der Waals surface area contributed by atoms with Gasteiger partial charge in [0.1, 0.15) is 5.69 Å². The Morgan fingerprint density at radius 1 is 1.42 bits per heavy atom. The van der Waals surface area contributed by atoms with Crippen LogP contribution in [0.1, 0.15) is 24.8 Å². The highest BCUT2D eigenvalue weighted by atomic mass is 32.2. The molecule has 104 valence electrons. The maximum Gasteiger partial charge on any atom is 0.292 e. The molecule has 2 rings (SSSR count). The average Bonchev–Trinajstić information content (AvgIpc) is 2.63. The van der Waals surface area contributed by atoms with E-state index in [0.29, 0.717) is 5.25 Å². The van der Waals surface area contributed by atoms with E-state index in [0.717, 1.165) is 30.8 Å². The molecule has 0 saturated carbocycles. The summed E-state index contributed by atoms with van der Waals surface area (Å²) in [5, 5.41) is 11.8. The molecule has 1 saturated heterocycles. The summed E-state index contributed by atoms with van der Waals surface area (Å²) in [5.74, 6) is 0.